The lowest BCUT2D eigenvalue weighted by Crippen LogP contribution is -2.31. The van der Waals surface area contributed by atoms with Crippen LogP contribution in [-0.2, 0) is 11.3 Å². The largest absolute Gasteiger partial charge is 0.496 e. The van der Waals surface area contributed by atoms with E-state index < -0.39 is 0 Å². The van der Waals surface area contributed by atoms with Gasteiger partial charge in [-0.25, -0.2) is 0 Å². The molecular weight excluding hydrogens is 342 g/mol. The van der Waals surface area contributed by atoms with E-state index in [1.165, 1.54) is 0 Å². The molecule has 2 aromatic carbocycles. The third-order valence-corrected chi connectivity index (χ3v) is 4.65. The van der Waals surface area contributed by atoms with E-state index in [2.05, 4.69) is 11.4 Å². The number of amides is 1. The molecule has 1 atom stereocenters. The molecule has 144 valence electrons. The third-order valence-electron chi connectivity index (χ3n) is 4.65. The Morgan fingerprint density at radius 1 is 1.19 bits per heavy atom. The molecule has 0 unspecified atom stereocenters. The van der Waals surface area contributed by atoms with Crippen molar-refractivity contribution in [1.82, 2.24) is 5.32 Å². The van der Waals surface area contributed by atoms with Gasteiger partial charge in [-0.15, -0.1) is 0 Å². The van der Waals surface area contributed by atoms with Gasteiger partial charge in [-0.1, -0.05) is 6.07 Å². The van der Waals surface area contributed by atoms with Gasteiger partial charge >= 0.3 is 0 Å². The molecule has 3 rings (SSSR count). The Morgan fingerprint density at radius 3 is 2.63 bits per heavy atom. The monoisotopic (exact) mass is 369 g/mol. The molecule has 1 amide bonds. The molecule has 0 aliphatic carbocycles. The molecule has 0 aromatic heterocycles. The molecule has 1 N–H and O–H groups in total. The van der Waals surface area contributed by atoms with Crippen molar-refractivity contribution in [2.24, 2.45) is 0 Å². The van der Waals surface area contributed by atoms with Gasteiger partial charge in [0.25, 0.3) is 5.91 Å². The highest BCUT2D eigenvalue weighted by Gasteiger charge is 2.17. The van der Waals surface area contributed by atoms with Gasteiger partial charge in [0.2, 0.25) is 0 Å². The second kappa shape index (κ2) is 8.91. The maximum Gasteiger partial charge on any atom is 0.251 e. The van der Waals surface area contributed by atoms with Crippen LogP contribution in [0.25, 0.3) is 0 Å². The predicted octanol–water partition coefficient (Wildman–Crippen LogP) is 3.80. The number of nitrogens with one attached hydrogen (secondary N) is 1. The SMILES string of the molecule is COc1ccc(C(=O)NC[C@@H]2CCCO2)cc1COc1cc(C)cc(C)c1. The number of hydrogen-bond acceptors (Lipinski definition) is 4. The molecule has 0 saturated carbocycles. The lowest BCUT2D eigenvalue weighted by Gasteiger charge is -2.14. The van der Waals surface area contributed by atoms with Gasteiger partial charge in [0.15, 0.2) is 0 Å². The van der Waals surface area contributed by atoms with Crippen LogP contribution < -0.4 is 14.8 Å². The standard InChI is InChI=1S/C22H27NO4/c1-15-9-16(2)11-20(10-15)27-14-18-12-17(6-7-21(18)25-3)22(24)23-13-19-5-4-8-26-19/h6-7,9-12,19H,4-5,8,13-14H2,1-3H3,(H,23,24)/t19-/m0/s1. The Labute approximate surface area is 160 Å². The van der Waals surface area contributed by atoms with Crippen LogP contribution in [0.5, 0.6) is 11.5 Å². The Kier molecular flexibility index (Phi) is 6.35. The topological polar surface area (TPSA) is 56.8 Å². The van der Waals surface area contributed by atoms with Crippen molar-refractivity contribution in [2.75, 3.05) is 20.3 Å². The summed E-state index contributed by atoms with van der Waals surface area (Å²) in [6.45, 7) is 5.74. The van der Waals surface area contributed by atoms with Crippen LogP contribution in [0.15, 0.2) is 36.4 Å². The fourth-order valence-corrected chi connectivity index (χ4v) is 3.32. The first-order valence-electron chi connectivity index (χ1n) is 9.33. The zero-order valence-electron chi connectivity index (χ0n) is 16.2. The first-order chi connectivity index (χ1) is 13.0. The summed E-state index contributed by atoms with van der Waals surface area (Å²) in [5.41, 5.74) is 3.73. The Bertz CT molecular complexity index is 777. The molecule has 1 fully saturated rings. The molecule has 0 bridgehead atoms. The third kappa shape index (κ3) is 5.23. The fourth-order valence-electron chi connectivity index (χ4n) is 3.32. The summed E-state index contributed by atoms with van der Waals surface area (Å²) >= 11 is 0. The van der Waals surface area contributed by atoms with Crippen LogP contribution in [0.2, 0.25) is 0 Å². The van der Waals surface area contributed by atoms with Crippen LogP contribution in [0.4, 0.5) is 0 Å². The van der Waals surface area contributed by atoms with Crippen LogP contribution in [0.1, 0.15) is 39.9 Å². The van der Waals surface area contributed by atoms with Gasteiger partial charge in [0, 0.05) is 24.3 Å². The van der Waals surface area contributed by atoms with Gasteiger partial charge in [-0.3, -0.25) is 4.79 Å². The van der Waals surface area contributed by atoms with Gasteiger partial charge in [-0.2, -0.15) is 0 Å². The summed E-state index contributed by atoms with van der Waals surface area (Å²) in [5, 5.41) is 2.95. The maximum absolute atomic E-state index is 12.5. The Hall–Kier alpha value is -2.53. The molecule has 0 spiro atoms. The highest BCUT2D eigenvalue weighted by atomic mass is 16.5. The van der Waals surface area contributed by atoms with E-state index in [4.69, 9.17) is 14.2 Å². The number of rotatable bonds is 7. The second-order valence-electron chi connectivity index (χ2n) is 6.98. The van der Waals surface area contributed by atoms with E-state index in [0.29, 0.717) is 24.5 Å². The van der Waals surface area contributed by atoms with Gasteiger partial charge < -0.3 is 19.5 Å². The number of hydrogen-bond donors (Lipinski definition) is 1. The van der Waals surface area contributed by atoms with Gasteiger partial charge in [0.05, 0.1) is 13.2 Å². The minimum Gasteiger partial charge on any atom is -0.496 e. The number of aryl methyl sites for hydroxylation is 2. The molecular formula is C22H27NO4. The van der Waals surface area contributed by atoms with Crippen molar-refractivity contribution in [3.63, 3.8) is 0 Å². The van der Waals surface area contributed by atoms with Crippen LogP contribution in [0, 0.1) is 13.8 Å². The smallest absolute Gasteiger partial charge is 0.251 e. The van der Waals surface area contributed by atoms with Crippen LogP contribution >= 0.6 is 0 Å². The van der Waals surface area contributed by atoms with E-state index in [-0.39, 0.29) is 12.0 Å². The summed E-state index contributed by atoms with van der Waals surface area (Å²) in [7, 11) is 1.62. The first kappa shape index (κ1) is 19.2. The number of carbonyl (C=O) groups excluding carboxylic acids is 1. The van der Waals surface area contributed by atoms with Crippen LogP contribution in [0.3, 0.4) is 0 Å². The molecule has 5 nitrogen and oxygen atoms in total. The van der Waals surface area contributed by atoms with Crippen LogP contribution in [-0.4, -0.2) is 32.3 Å². The van der Waals surface area contributed by atoms with Crippen molar-refractivity contribution >= 4 is 5.91 Å². The number of ether oxygens (including phenoxy) is 3. The number of benzene rings is 2. The minimum absolute atomic E-state index is 0.110. The molecule has 5 heteroatoms. The van der Waals surface area contributed by atoms with Crippen molar-refractivity contribution in [3.8, 4) is 11.5 Å². The minimum atomic E-state index is -0.110. The summed E-state index contributed by atoms with van der Waals surface area (Å²) < 4.78 is 16.9. The highest BCUT2D eigenvalue weighted by molar-refractivity contribution is 5.94. The molecule has 27 heavy (non-hydrogen) atoms. The zero-order valence-corrected chi connectivity index (χ0v) is 16.2. The predicted molar refractivity (Wildman–Crippen MR) is 105 cm³/mol. The molecule has 2 aromatic rings. The molecule has 0 radical (unpaired) electrons. The first-order valence-corrected chi connectivity index (χ1v) is 9.33. The fraction of sp³-hybridized carbons (Fsp3) is 0.409. The van der Waals surface area contributed by atoms with Crippen molar-refractivity contribution < 1.29 is 19.0 Å². The summed E-state index contributed by atoms with van der Waals surface area (Å²) in [6.07, 6.45) is 2.18. The quantitative estimate of drug-likeness (QED) is 0.807. The van der Waals surface area contributed by atoms with E-state index in [9.17, 15) is 4.79 Å². The number of carbonyl (C=O) groups is 1. The van der Waals surface area contributed by atoms with E-state index in [1.54, 1.807) is 19.2 Å². The van der Waals surface area contributed by atoms with E-state index in [0.717, 1.165) is 41.9 Å². The summed E-state index contributed by atoms with van der Waals surface area (Å²) in [5.74, 6) is 1.40. The van der Waals surface area contributed by atoms with Gasteiger partial charge in [0.1, 0.15) is 18.1 Å². The summed E-state index contributed by atoms with van der Waals surface area (Å²) in [4.78, 5) is 12.5. The van der Waals surface area contributed by atoms with E-state index in [1.807, 2.05) is 32.0 Å². The van der Waals surface area contributed by atoms with Crippen molar-refractivity contribution in [1.29, 1.82) is 0 Å². The van der Waals surface area contributed by atoms with Gasteiger partial charge in [-0.05, 0) is 68.1 Å². The lowest BCUT2D eigenvalue weighted by atomic mass is 10.1. The molecule has 1 saturated heterocycles. The maximum atomic E-state index is 12.5. The number of methoxy groups -OCH3 is 1. The van der Waals surface area contributed by atoms with E-state index >= 15 is 0 Å². The molecule has 1 aliphatic heterocycles. The van der Waals surface area contributed by atoms with Crippen molar-refractivity contribution in [3.05, 3.63) is 58.7 Å². The average molecular weight is 369 g/mol. The lowest BCUT2D eigenvalue weighted by molar-refractivity contribution is 0.0857. The molecule has 1 heterocycles. The van der Waals surface area contributed by atoms with Crippen molar-refractivity contribution in [2.45, 2.75) is 39.4 Å². The normalized spacial score (nSPS) is 16.2. The Morgan fingerprint density at radius 2 is 1.96 bits per heavy atom. The summed E-state index contributed by atoms with van der Waals surface area (Å²) in [6, 6.07) is 11.5. The zero-order chi connectivity index (χ0) is 19.2. The average Bonchev–Trinajstić information content (AvgIpc) is 3.17. The Balaban J connectivity index is 1.67. The second-order valence-corrected chi connectivity index (χ2v) is 6.98. The molecule has 1 aliphatic rings. The highest BCUT2D eigenvalue weighted by Crippen LogP contribution is 2.23.